The Morgan fingerprint density at radius 2 is 1.83 bits per heavy atom. The maximum Gasteiger partial charge on any atom is 0.255 e. The van der Waals surface area contributed by atoms with E-state index in [9.17, 15) is 34.8 Å². The van der Waals surface area contributed by atoms with E-state index >= 15 is 0 Å². The van der Waals surface area contributed by atoms with E-state index in [1.807, 2.05) is 0 Å². The Balaban J connectivity index is 0.00000361. The van der Waals surface area contributed by atoms with Gasteiger partial charge in [0.05, 0.1) is 18.7 Å². The first-order valence-corrected chi connectivity index (χ1v) is 11.1. The molecule has 0 saturated heterocycles. The lowest BCUT2D eigenvalue weighted by molar-refractivity contribution is -0.153. The second-order valence-electron chi connectivity index (χ2n) is 9.53. The minimum absolute atomic E-state index is 0. The van der Waals surface area contributed by atoms with Crippen LogP contribution in [0.1, 0.15) is 23.1 Å². The second kappa shape index (κ2) is 9.49. The number of likely N-dealkylation sites (N-methyl/N-ethyl adjacent to an activating group) is 1. The van der Waals surface area contributed by atoms with Crippen LogP contribution < -0.4 is 5.73 Å². The molecule has 12 heteroatoms. The van der Waals surface area contributed by atoms with Gasteiger partial charge in [0.25, 0.3) is 5.91 Å². The molecule has 0 aliphatic heterocycles. The summed E-state index contributed by atoms with van der Waals surface area (Å²) >= 11 is 0. The maximum absolute atomic E-state index is 13.8. The summed E-state index contributed by atoms with van der Waals surface area (Å²) in [6.07, 6.45) is 0.275. The van der Waals surface area contributed by atoms with Gasteiger partial charge in [-0.15, -0.1) is 12.4 Å². The second-order valence-corrected chi connectivity index (χ2v) is 9.53. The number of hydroxylamine groups is 2. The van der Waals surface area contributed by atoms with E-state index in [1.165, 1.54) is 18.1 Å². The zero-order valence-corrected chi connectivity index (χ0v) is 21.1. The van der Waals surface area contributed by atoms with Gasteiger partial charge in [-0.1, -0.05) is 6.07 Å². The largest absolute Gasteiger partial charge is 0.508 e. The van der Waals surface area contributed by atoms with Crippen LogP contribution in [0.5, 0.6) is 5.75 Å². The predicted octanol–water partition coefficient (Wildman–Crippen LogP) is 0.379. The van der Waals surface area contributed by atoms with Crippen molar-refractivity contribution in [3.8, 4) is 5.75 Å². The highest BCUT2D eigenvalue weighted by Gasteiger charge is 2.64. The summed E-state index contributed by atoms with van der Waals surface area (Å²) in [6, 6.07) is 1.98. The molecule has 3 aliphatic rings. The van der Waals surface area contributed by atoms with Gasteiger partial charge in [-0.05, 0) is 50.0 Å². The van der Waals surface area contributed by atoms with Gasteiger partial charge in [-0.3, -0.25) is 19.3 Å². The van der Waals surface area contributed by atoms with E-state index in [4.69, 9.17) is 10.6 Å². The molecule has 0 spiro atoms. The number of rotatable bonds is 5. The number of nitrogens with zero attached hydrogens (tertiary/aromatic N) is 2. The number of carbonyl (C=O) groups is 3. The molecule has 4 atom stereocenters. The van der Waals surface area contributed by atoms with Gasteiger partial charge >= 0.3 is 0 Å². The molecule has 6 N–H and O–H groups in total. The Labute approximate surface area is 213 Å². The van der Waals surface area contributed by atoms with Crippen molar-refractivity contribution in [1.29, 1.82) is 0 Å². The van der Waals surface area contributed by atoms with Crippen LogP contribution in [0.4, 0.5) is 0 Å². The summed E-state index contributed by atoms with van der Waals surface area (Å²) in [5.74, 6) is -6.68. The van der Waals surface area contributed by atoms with E-state index in [0.717, 1.165) is 5.56 Å². The number of fused-ring (bicyclic) bond motifs is 3. The van der Waals surface area contributed by atoms with Crippen molar-refractivity contribution >= 4 is 35.6 Å². The van der Waals surface area contributed by atoms with Gasteiger partial charge in [0.1, 0.15) is 22.8 Å². The Hall–Kier alpha value is -2.96. The number of aliphatic hydroxyl groups is 3. The van der Waals surface area contributed by atoms with Crippen molar-refractivity contribution in [1.82, 2.24) is 9.96 Å². The van der Waals surface area contributed by atoms with Gasteiger partial charge in [-0.2, -0.15) is 5.06 Å². The molecule has 1 saturated carbocycles. The third-order valence-corrected chi connectivity index (χ3v) is 7.41. The summed E-state index contributed by atoms with van der Waals surface area (Å²) in [7, 11) is 6.34. The quantitative estimate of drug-likeness (QED) is 0.268. The minimum atomic E-state index is -2.64. The van der Waals surface area contributed by atoms with Crippen LogP contribution in [-0.2, 0) is 32.2 Å². The van der Waals surface area contributed by atoms with Crippen LogP contribution in [0, 0.1) is 11.8 Å². The molecule has 3 aliphatic carbocycles. The Morgan fingerprint density at radius 3 is 2.39 bits per heavy atom. The van der Waals surface area contributed by atoms with E-state index in [0.29, 0.717) is 12.1 Å². The Kier molecular flexibility index (Phi) is 7.28. The van der Waals surface area contributed by atoms with Crippen molar-refractivity contribution in [2.45, 2.75) is 31.0 Å². The molecule has 0 radical (unpaired) electrons. The molecule has 1 unspecified atom stereocenters. The van der Waals surface area contributed by atoms with Crippen LogP contribution in [0.15, 0.2) is 29.0 Å². The number of aromatic hydroxyl groups is 1. The molecule has 1 aromatic carbocycles. The van der Waals surface area contributed by atoms with Crippen LogP contribution >= 0.6 is 12.4 Å². The number of benzene rings is 1. The van der Waals surface area contributed by atoms with Crippen molar-refractivity contribution in [2.24, 2.45) is 17.6 Å². The fraction of sp³-hybridized carbons (Fsp3) is 0.458. The third kappa shape index (κ3) is 3.78. The average molecular weight is 524 g/mol. The topological polar surface area (TPSA) is 174 Å². The van der Waals surface area contributed by atoms with E-state index in [1.54, 1.807) is 32.3 Å². The van der Waals surface area contributed by atoms with E-state index in [-0.39, 0.29) is 42.1 Å². The monoisotopic (exact) mass is 523 g/mol. The predicted molar refractivity (Wildman–Crippen MR) is 130 cm³/mol. The third-order valence-electron chi connectivity index (χ3n) is 7.41. The van der Waals surface area contributed by atoms with Crippen LogP contribution in [-0.4, -0.2) is 87.8 Å². The first-order chi connectivity index (χ1) is 16.4. The number of carbonyl (C=O) groups excluding carboxylic acids is 3. The molecule has 1 aromatic rings. The molecule has 1 fully saturated rings. The summed E-state index contributed by atoms with van der Waals surface area (Å²) in [6.45, 7) is 0.333. The zero-order chi connectivity index (χ0) is 26.0. The summed E-state index contributed by atoms with van der Waals surface area (Å²) < 4.78 is 0. The van der Waals surface area contributed by atoms with Gasteiger partial charge in [0, 0.05) is 25.1 Å². The maximum atomic E-state index is 13.8. The summed E-state index contributed by atoms with van der Waals surface area (Å²) in [5.41, 5.74) is 3.09. The molecule has 11 nitrogen and oxygen atoms in total. The average Bonchev–Trinajstić information content (AvgIpc) is 2.77. The normalized spacial score (nSPS) is 27.6. The number of aliphatic hydroxyl groups excluding tert-OH is 2. The number of halogens is 1. The van der Waals surface area contributed by atoms with E-state index < -0.39 is 58.0 Å². The number of ketones is 2. The van der Waals surface area contributed by atoms with Gasteiger partial charge in [0.15, 0.2) is 11.4 Å². The molecular formula is C24H30ClN3O8. The lowest BCUT2D eigenvalue weighted by atomic mass is 9.57. The molecule has 0 aromatic heterocycles. The molecule has 0 heterocycles. The number of amides is 1. The van der Waals surface area contributed by atoms with Crippen molar-refractivity contribution in [3.63, 3.8) is 0 Å². The van der Waals surface area contributed by atoms with E-state index in [2.05, 4.69) is 0 Å². The zero-order valence-electron chi connectivity index (χ0n) is 20.3. The lowest BCUT2D eigenvalue weighted by Gasteiger charge is -2.50. The van der Waals surface area contributed by atoms with Gasteiger partial charge in [0.2, 0.25) is 5.78 Å². The van der Waals surface area contributed by atoms with Gasteiger partial charge in [-0.25, -0.2) is 0 Å². The molecule has 4 rings (SSSR count). The number of nitrogens with two attached hydrogens (primary N) is 1. The minimum Gasteiger partial charge on any atom is -0.508 e. The molecular weight excluding hydrogens is 494 g/mol. The Morgan fingerprint density at radius 1 is 1.19 bits per heavy atom. The van der Waals surface area contributed by atoms with Crippen molar-refractivity contribution in [2.75, 3.05) is 28.3 Å². The number of phenols is 1. The smallest absolute Gasteiger partial charge is 0.255 e. The SMILES string of the molecule is CON(C)Cc1ccc(O)c2c1C[C@H]1C[C@H]3C(N(C)C)C(=O)C(C(N)=O)=C(O)[C@@]3(O)C(=O)C1=C2O.Cl. The van der Waals surface area contributed by atoms with Crippen molar-refractivity contribution < 1.29 is 39.6 Å². The fourth-order valence-electron chi connectivity index (χ4n) is 5.76. The highest BCUT2D eigenvalue weighted by molar-refractivity contribution is 6.24. The molecule has 196 valence electrons. The fourth-order valence-corrected chi connectivity index (χ4v) is 5.76. The van der Waals surface area contributed by atoms with Gasteiger partial charge < -0.3 is 31.0 Å². The number of phenolic OH excluding ortho intramolecular Hbond substituents is 1. The highest BCUT2D eigenvalue weighted by Crippen LogP contribution is 2.52. The van der Waals surface area contributed by atoms with Crippen molar-refractivity contribution in [3.05, 3.63) is 45.7 Å². The first kappa shape index (κ1) is 27.6. The number of hydrogen-bond acceptors (Lipinski definition) is 10. The summed E-state index contributed by atoms with van der Waals surface area (Å²) in [5, 5.41) is 45.7. The lowest BCUT2D eigenvalue weighted by Crippen LogP contribution is -2.65. The molecule has 0 bridgehead atoms. The standard InChI is InChI=1S/C24H29N3O8.ClH/c1-26(2)18-13-8-11-7-12-10(9-27(3)35-4)5-6-14(28)16(12)19(29)15(11)21(31)24(13,34)22(32)17(20(18)30)23(25)33;/h5-6,11,13,18,28-29,32,34H,7-9H2,1-4H3,(H2,25,33);1H/t11-,13-,18?,24-;/m0./s1. The van der Waals surface area contributed by atoms with Crippen LogP contribution in [0.2, 0.25) is 0 Å². The number of primary amides is 1. The molecule has 1 amide bonds. The Bertz CT molecular complexity index is 1210. The number of Topliss-reactive ketones (excluding diaryl/α,β-unsaturated/α-hetero) is 2. The first-order valence-electron chi connectivity index (χ1n) is 11.1. The van der Waals surface area contributed by atoms with Crippen LogP contribution in [0.3, 0.4) is 0 Å². The number of hydrogen-bond donors (Lipinski definition) is 5. The summed E-state index contributed by atoms with van der Waals surface area (Å²) in [4.78, 5) is 45.5. The molecule has 36 heavy (non-hydrogen) atoms. The highest BCUT2D eigenvalue weighted by atomic mass is 35.5. The van der Waals surface area contributed by atoms with Crippen LogP contribution in [0.25, 0.3) is 5.76 Å².